The number of rotatable bonds is 5. The average molecular weight is 248 g/mol. The fraction of sp³-hybridized carbons (Fsp3) is 0.533. The third-order valence-electron chi connectivity index (χ3n) is 2.96. The average Bonchev–Trinajstić information content (AvgIpc) is 2.28. The summed E-state index contributed by atoms with van der Waals surface area (Å²) in [5.74, 6) is 0.558. The number of anilines is 1. The second-order valence-corrected chi connectivity index (χ2v) is 5.38. The number of amides is 1. The van der Waals surface area contributed by atoms with Crippen LogP contribution in [-0.2, 0) is 0 Å². The molecule has 0 aliphatic rings. The molecular weight excluding hydrogens is 224 g/mol. The van der Waals surface area contributed by atoms with E-state index >= 15 is 0 Å². The molecular formula is C15H24N2O. The Morgan fingerprint density at radius 1 is 1.00 bits per heavy atom. The first kappa shape index (κ1) is 14.6. The van der Waals surface area contributed by atoms with Gasteiger partial charge in [-0.2, -0.15) is 0 Å². The summed E-state index contributed by atoms with van der Waals surface area (Å²) in [7, 11) is 0. The van der Waals surface area contributed by atoms with Crippen LogP contribution in [0, 0.1) is 5.92 Å². The molecule has 0 aliphatic carbocycles. The van der Waals surface area contributed by atoms with Gasteiger partial charge < -0.3 is 10.6 Å². The first-order chi connectivity index (χ1) is 8.40. The van der Waals surface area contributed by atoms with E-state index in [1.807, 2.05) is 38.1 Å². The quantitative estimate of drug-likeness (QED) is 0.839. The minimum atomic E-state index is -0.0199. The standard InChI is InChI=1S/C15H24N2O/c1-10(2)12(5)17-14-8-6-13(7-9-14)15(18)16-11(3)4/h6-12,17H,1-5H3,(H,16,18). The summed E-state index contributed by atoms with van der Waals surface area (Å²) in [4.78, 5) is 11.8. The van der Waals surface area contributed by atoms with E-state index in [2.05, 4.69) is 31.4 Å². The van der Waals surface area contributed by atoms with E-state index in [4.69, 9.17) is 0 Å². The van der Waals surface area contributed by atoms with Gasteiger partial charge in [-0.15, -0.1) is 0 Å². The summed E-state index contributed by atoms with van der Waals surface area (Å²) in [6.45, 7) is 10.4. The number of nitrogens with one attached hydrogen (secondary N) is 2. The Morgan fingerprint density at radius 3 is 2.00 bits per heavy atom. The van der Waals surface area contributed by atoms with Gasteiger partial charge in [-0.05, 0) is 51.0 Å². The summed E-state index contributed by atoms with van der Waals surface area (Å²) in [6.07, 6.45) is 0. The molecule has 1 aromatic carbocycles. The van der Waals surface area contributed by atoms with Crippen molar-refractivity contribution in [3.8, 4) is 0 Å². The molecule has 0 spiro atoms. The van der Waals surface area contributed by atoms with Crippen LogP contribution in [0.25, 0.3) is 0 Å². The van der Waals surface area contributed by atoms with Crippen molar-refractivity contribution in [2.45, 2.75) is 46.7 Å². The van der Waals surface area contributed by atoms with Crippen molar-refractivity contribution in [3.63, 3.8) is 0 Å². The van der Waals surface area contributed by atoms with Crippen LogP contribution >= 0.6 is 0 Å². The van der Waals surface area contributed by atoms with Gasteiger partial charge in [0.05, 0.1) is 0 Å². The molecule has 0 fully saturated rings. The minimum absolute atomic E-state index is 0.0199. The van der Waals surface area contributed by atoms with Crippen molar-refractivity contribution in [3.05, 3.63) is 29.8 Å². The lowest BCUT2D eigenvalue weighted by molar-refractivity contribution is 0.0943. The van der Waals surface area contributed by atoms with Gasteiger partial charge in [-0.3, -0.25) is 4.79 Å². The topological polar surface area (TPSA) is 41.1 Å². The number of carbonyl (C=O) groups excluding carboxylic acids is 1. The molecule has 1 atom stereocenters. The van der Waals surface area contributed by atoms with Gasteiger partial charge in [0.2, 0.25) is 0 Å². The van der Waals surface area contributed by atoms with Crippen LogP contribution < -0.4 is 10.6 Å². The molecule has 0 saturated heterocycles. The van der Waals surface area contributed by atoms with Crippen molar-refractivity contribution >= 4 is 11.6 Å². The van der Waals surface area contributed by atoms with Crippen LogP contribution in [0.2, 0.25) is 0 Å². The van der Waals surface area contributed by atoms with E-state index in [1.54, 1.807) is 0 Å². The van der Waals surface area contributed by atoms with E-state index in [1.165, 1.54) is 0 Å². The highest BCUT2D eigenvalue weighted by Crippen LogP contribution is 2.13. The molecule has 3 heteroatoms. The molecule has 1 aromatic rings. The third-order valence-corrected chi connectivity index (χ3v) is 2.96. The molecule has 18 heavy (non-hydrogen) atoms. The van der Waals surface area contributed by atoms with Crippen molar-refractivity contribution in [1.82, 2.24) is 5.32 Å². The lowest BCUT2D eigenvalue weighted by atomic mass is 10.1. The highest BCUT2D eigenvalue weighted by Gasteiger charge is 2.08. The van der Waals surface area contributed by atoms with E-state index in [0.29, 0.717) is 17.5 Å². The Labute approximate surface area is 110 Å². The fourth-order valence-electron chi connectivity index (χ4n) is 1.49. The Hall–Kier alpha value is -1.51. The molecule has 100 valence electrons. The van der Waals surface area contributed by atoms with Gasteiger partial charge >= 0.3 is 0 Å². The van der Waals surface area contributed by atoms with E-state index in [9.17, 15) is 4.79 Å². The van der Waals surface area contributed by atoms with E-state index in [-0.39, 0.29) is 11.9 Å². The maximum atomic E-state index is 11.8. The Balaban J connectivity index is 2.65. The molecule has 3 nitrogen and oxygen atoms in total. The Morgan fingerprint density at radius 2 is 1.56 bits per heavy atom. The zero-order valence-corrected chi connectivity index (χ0v) is 11.9. The van der Waals surface area contributed by atoms with E-state index in [0.717, 1.165) is 5.69 Å². The van der Waals surface area contributed by atoms with Crippen LogP contribution in [0.3, 0.4) is 0 Å². The second-order valence-electron chi connectivity index (χ2n) is 5.38. The summed E-state index contributed by atoms with van der Waals surface area (Å²) >= 11 is 0. The van der Waals surface area contributed by atoms with Gasteiger partial charge in [0.25, 0.3) is 5.91 Å². The molecule has 0 aliphatic heterocycles. The van der Waals surface area contributed by atoms with Crippen LogP contribution in [0.4, 0.5) is 5.69 Å². The maximum Gasteiger partial charge on any atom is 0.251 e. The van der Waals surface area contributed by atoms with Gasteiger partial charge in [-0.1, -0.05) is 13.8 Å². The summed E-state index contributed by atoms with van der Waals surface area (Å²) in [5, 5.41) is 6.29. The first-order valence-corrected chi connectivity index (χ1v) is 6.57. The largest absolute Gasteiger partial charge is 0.382 e. The molecule has 1 rings (SSSR count). The first-order valence-electron chi connectivity index (χ1n) is 6.57. The Bertz CT molecular complexity index is 382. The molecule has 0 radical (unpaired) electrons. The number of benzene rings is 1. The molecule has 2 N–H and O–H groups in total. The second kappa shape index (κ2) is 6.43. The number of carbonyl (C=O) groups is 1. The lowest BCUT2D eigenvalue weighted by Crippen LogP contribution is -2.30. The summed E-state index contributed by atoms with van der Waals surface area (Å²) < 4.78 is 0. The lowest BCUT2D eigenvalue weighted by Gasteiger charge is -2.19. The molecule has 1 unspecified atom stereocenters. The highest BCUT2D eigenvalue weighted by molar-refractivity contribution is 5.94. The number of hydrogen-bond acceptors (Lipinski definition) is 2. The molecule has 1 amide bonds. The molecule has 0 bridgehead atoms. The van der Waals surface area contributed by atoms with Crippen molar-refractivity contribution < 1.29 is 4.79 Å². The monoisotopic (exact) mass is 248 g/mol. The van der Waals surface area contributed by atoms with Crippen LogP contribution in [-0.4, -0.2) is 18.0 Å². The van der Waals surface area contributed by atoms with Gasteiger partial charge in [0.1, 0.15) is 0 Å². The Kier molecular flexibility index (Phi) is 5.20. The van der Waals surface area contributed by atoms with Crippen molar-refractivity contribution in [2.75, 3.05) is 5.32 Å². The molecule has 0 aromatic heterocycles. The zero-order valence-electron chi connectivity index (χ0n) is 11.9. The van der Waals surface area contributed by atoms with Crippen LogP contribution in [0.1, 0.15) is 45.0 Å². The maximum absolute atomic E-state index is 11.8. The van der Waals surface area contributed by atoms with E-state index < -0.39 is 0 Å². The smallest absolute Gasteiger partial charge is 0.251 e. The predicted molar refractivity (Wildman–Crippen MR) is 77.0 cm³/mol. The number of hydrogen-bond donors (Lipinski definition) is 2. The fourth-order valence-corrected chi connectivity index (χ4v) is 1.49. The van der Waals surface area contributed by atoms with Gasteiger partial charge in [0.15, 0.2) is 0 Å². The van der Waals surface area contributed by atoms with Gasteiger partial charge in [-0.25, -0.2) is 0 Å². The van der Waals surface area contributed by atoms with Crippen molar-refractivity contribution in [2.24, 2.45) is 5.92 Å². The molecule has 0 heterocycles. The minimum Gasteiger partial charge on any atom is -0.382 e. The third kappa shape index (κ3) is 4.40. The predicted octanol–water partition coefficient (Wildman–Crippen LogP) is 3.28. The van der Waals surface area contributed by atoms with Gasteiger partial charge in [0, 0.05) is 23.3 Å². The SMILES string of the molecule is CC(C)NC(=O)c1ccc(NC(C)C(C)C)cc1. The van der Waals surface area contributed by atoms with Crippen molar-refractivity contribution in [1.29, 1.82) is 0 Å². The summed E-state index contributed by atoms with van der Waals surface area (Å²) in [5.41, 5.74) is 1.75. The highest BCUT2D eigenvalue weighted by atomic mass is 16.1. The zero-order chi connectivity index (χ0) is 13.7. The van der Waals surface area contributed by atoms with Crippen LogP contribution in [0.15, 0.2) is 24.3 Å². The molecule has 0 saturated carbocycles. The normalized spacial score (nSPS) is 12.6. The van der Waals surface area contributed by atoms with Crippen LogP contribution in [0.5, 0.6) is 0 Å². The summed E-state index contributed by atoms with van der Waals surface area (Å²) in [6, 6.07) is 8.19.